The second-order valence-electron chi connectivity index (χ2n) is 5.54. The molecule has 1 aliphatic rings. The molecule has 1 N–H and O–H groups in total. The van der Waals surface area contributed by atoms with Crippen molar-refractivity contribution in [1.29, 1.82) is 0 Å². The summed E-state index contributed by atoms with van der Waals surface area (Å²) >= 11 is 0. The van der Waals surface area contributed by atoms with Crippen molar-refractivity contribution in [3.05, 3.63) is 41.5 Å². The van der Waals surface area contributed by atoms with E-state index >= 15 is 0 Å². The molecule has 1 aliphatic heterocycles. The summed E-state index contributed by atoms with van der Waals surface area (Å²) in [6, 6.07) is 4.88. The van der Waals surface area contributed by atoms with Crippen molar-refractivity contribution in [3.8, 4) is 5.69 Å². The van der Waals surface area contributed by atoms with Gasteiger partial charge in [0.05, 0.1) is 0 Å². The van der Waals surface area contributed by atoms with E-state index in [2.05, 4.69) is 15.6 Å². The monoisotopic (exact) mass is 357 g/mol. The average molecular weight is 357 g/mol. The van der Waals surface area contributed by atoms with Crippen LogP contribution >= 0.6 is 0 Å². The quantitative estimate of drug-likeness (QED) is 0.834. The number of benzene rings is 1. The molecule has 2 heterocycles. The number of carbonyl (C=O) groups excluding carboxylic acids is 1. The maximum absolute atomic E-state index is 13.9. The Balaban J connectivity index is 2.06. The molecule has 134 valence electrons. The van der Waals surface area contributed by atoms with Crippen LogP contribution in [0.2, 0.25) is 0 Å². The zero-order valence-electron chi connectivity index (χ0n) is 13.1. The number of nitrogens with one attached hydrogen (secondary N) is 1. The van der Waals surface area contributed by atoms with Gasteiger partial charge in [-0.2, -0.15) is 13.2 Å². The summed E-state index contributed by atoms with van der Waals surface area (Å²) in [6.07, 6.45) is -4.30. The Morgan fingerprint density at radius 2 is 1.92 bits per heavy atom. The Bertz CT molecular complexity index is 766. The van der Waals surface area contributed by atoms with Gasteiger partial charge in [0.1, 0.15) is 11.5 Å². The van der Waals surface area contributed by atoms with Gasteiger partial charge in [-0.25, -0.2) is 9.07 Å². The van der Waals surface area contributed by atoms with E-state index < -0.39 is 35.0 Å². The summed E-state index contributed by atoms with van der Waals surface area (Å²) in [7, 11) is 0. The number of alkyl halides is 3. The molecule has 0 saturated carbocycles. The highest BCUT2D eigenvalue weighted by Gasteiger charge is 2.43. The van der Waals surface area contributed by atoms with Gasteiger partial charge >= 0.3 is 6.18 Å². The fourth-order valence-electron chi connectivity index (χ4n) is 2.67. The predicted octanol–water partition coefficient (Wildman–Crippen LogP) is 1.86. The first-order valence-corrected chi connectivity index (χ1v) is 7.67. The lowest BCUT2D eigenvalue weighted by molar-refractivity contribution is -0.143. The number of amides is 1. The molecule has 1 fully saturated rings. The fourth-order valence-corrected chi connectivity index (χ4v) is 2.67. The van der Waals surface area contributed by atoms with Gasteiger partial charge in [0, 0.05) is 19.6 Å². The van der Waals surface area contributed by atoms with Crippen molar-refractivity contribution in [3.63, 3.8) is 0 Å². The molecule has 0 radical (unpaired) electrons. The van der Waals surface area contributed by atoms with Crippen LogP contribution in [0.15, 0.2) is 24.3 Å². The van der Waals surface area contributed by atoms with Gasteiger partial charge in [-0.15, -0.1) is 5.10 Å². The molecule has 25 heavy (non-hydrogen) atoms. The first-order valence-electron chi connectivity index (χ1n) is 7.67. The van der Waals surface area contributed by atoms with Crippen LogP contribution in [0, 0.1) is 5.82 Å². The average Bonchev–Trinajstić information content (AvgIpc) is 2.83. The lowest BCUT2D eigenvalue weighted by Crippen LogP contribution is -2.35. The van der Waals surface area contributed by atoms with E-state index in [0.29, 0.717) is 30.7 Å². The lowest BCUT2D eigenvalue weighted by Gasteiger charge is -2.19. The second kappa shape index (κ2) is 6.79. The van der Waals surface area contributed by atoms with Crippen molar-refractivity contribution in [2.45, 2.75) is 12.6 Å². The SMILES string of the molecule is O=C(c1nnn(-c2ccccc2F)c1C(F)(F)F)N1CCCNCC1. The molecular weight excluding hydrogens is 342 g/mol. The van der Waals surface area contributed by atoms with E-state index in [4.69, 9.17) is 0 Å². The van der Waals surface area contributed by atoms with Gasteiger partial charge in [0.2, 0.25) is 0 Å². The highest BCUT2D eigenvalue weighted by atomic mass is 19.4. The molecule has 1 amide bonds. The Labute approximate surface area is 140 Å². The summed E-state index contributed by atoms with van der Waals surface area (Å²) < 4.78 is 54.9. The number of nitrogens with zero attached hydrogens (tertiary/aromatic N) is 4. The molecule has 1 aromatic carbocycles. The number of hydrogen-bond acceptors (Lipinski definition) is 4. The Morgan fingerprint density at radius 1 is 1.16 bits per heavy atom. The summed E-state index contributed by atoms with van der Waals surface area (Å²) in [5.41, 5.74) is -2.61. The number of halogens is 4. The Morgan fingerprint density at radius 3 is 2.64 bits per heavy atom. The number of rotatable bonds is 2. The molecule has 0 aliphatic carbocycles. The molecule has 0 atom stereocenters. The largest absolute Gasteiger partial charge is 0.435 e. The minimum absolute atomic E-state index is 0.267. The summed E-state index contributed by atoms with van der Waals surface area (Å²) in [5, 5.41) is 9.88. The van der Waals surface area contributed by atoms with Crippen LogP contribution in [-0.4, -0.2) is 52.0 Å². The Hall–Kier alpha value is -2.49. The first kappa shape index (κ1) is 17.3. The van der Waals surface area contributed by atoms with Crippen LogP contribution < -0.4 is 5.32 Å². The van der Waals surface area contributed by atoms with Gasteiger partial charge in [0.25, 0.3) is 5.91 Å². The molecule has 0 unspecified atom stereocenters. The third kappa shape index (κ3) is 3.48. The molecule has 1 saturated heterocycles. The van der Waals surface area contributed by atoms with Crippen molar-refractivity contribution in [2.24, 2.45) is 0 Å². The zero-order valence-corrected chi connectivity index (χ0v) is 13.1. The second-order valence-corrected chi connectivity index (χ2v) is 5.54. The van der Waals surface area contributed by atoms with E-state index in [1.165, 1.54) is 17.0 Å². The smallest absolute Gasteiger partial charge is 0.336 e. The molecule has 2 aromatic rings. The molecule has 0 bridgehead atoms. The molecule has 3 rings (SSSR count). The highest BCUT2D eigenvalue weighted by molar-refractivity contribution is 5.93. The van der Waals surface area contributed by atoms with Crippen LogP contribution in [-0.2, 0) is 6.18 Å². The van der Waals surface area contributed by atoms with E-state index in [-0.39, 0.29) is 6.54 Å². The molecular formula is C15H15F4N5O. The minimum atomic E-state index is -4.92. The van der Waals surface area contributed by atoms with Crippen LogP contribution in [0.5, 0.6) is 0 Å². The van der Waals surface area contributed by atoms with Gasteiger partial charge in [-0.1, -0.05) is 17.3 Å². The number of para-hydroxylation sites is 1. The van der Waals surface area contributed by atoms with Crippen LogP contribution in [0.3, 0.4) is 0 Å². The van der Waals surface area contributed by atoms with E-state index in [1.807, 2.05) is 0 Å². The Kier molecular flexibility index (Phi) is 4.71. The number of hydrogen-bond donors (Lipinski definition) is 1. The van der Waals surface area contributed by atoms with Crippen LogP contribution in [0.1, 0.15) is 22.6 Å². The maximum Gasteiger partial charge on any atom is 0.435 e. The molecule has 1 aromatic heterocycles. The van der Waals surface area contributed by atoms with Crippen molar-refractivity contribution in [1.82, 2.24) is 25.2 Å². The molecule has 10 heteroatoms. The first-order chi connectivity index (χ1) is 11.9. The normalized spacial score (nSPS) is 15.9. The summed E-state index contributed by atoms with van der Waals surface area (Å²) in [6.45, 7) is 1.74. The van der Waals surface area contributed by atoms with Crippen LogP contribution in [0.4, 0.5) is 17.6 Å². The minimum Gasteiger partial charge on any atom is -0.336 e. The molecule has 6 nitrogen and oxygen atoms in total. The number of carbonyl (C=O) groups is 1. The van der Waals surface area contributed by atoms with Gasteiger partial charge in [-0.05, 0) is 25.1 Å². The molecule has 0 spiro atoms. The maximum atomic E-state index is 13.9. The van der Waals surface area contributed by atoms with E-state index in [0.717, 1.165) is 12.1 Å². The topological polar surface area (TPSA) is 63.1 Å². The van der Waals surface area contributed by atoms with Gasteiger partial charge in [-0.3, -0.25) is 4.79 Å². The highest BCUT2D eigenvalue weighted by Crippen LogP contribution is 2.33. The number of aromatic nitrogens is 3. The summed E-state index contributed by atoms with van der Waals surface area (Å²) in [5.74, 6) is -1.76. The van der Waals surface area contributed by atoms with Gasteiger partial charge in [0.15, 0.2) is 11.4 Å². The van der Waals surface area contributed by atoms with Crippen molar-refractivity contribution >= 4 is 5.91 Å². The predicted molar refractivity (Wildman–Crippen MR) is 79.7 cm³/mol. The van der Waals surface area contributed by atoms with Crippen LogP contribution in [0.25, 0.3) is 5.69 Å². The third-order valence-electron chi connectivity index (χ3n) is 3.85. The van der Waals surface area contributed by atoms with Gasteiger partial charge < -0.3 is 10.2 Å². The van der Waals surface area contributed by atoms with Crippen molar-refractivity contribution < 1.29 is 22.4 Å². The summed E-state index contributed by atoms with van der Waals surface area (Å²) in [4.78, 5) is 13.8. The third-order valence-corrected chi connectivity index (χ3v) is 3.85. The lowest BCUT2D eigenvalue weighted by atomic mass is 10.2. The fraction of sp³-hybridized carbons (Fsp3) is 0.400. The van der Waals surface area contributed by atoms with E-state index in [9.17, 15) is 22.4 Å². The zero-order chi connectivity index (χ0) is 18.0. The van der Waals surface area contributed by atoms with Crippen molar-refractivity contribution in [2.75, 3.05) is 26.2 Å². The van der Waals surface area contributed by atoms with E-state index in [1.54, 1.807) is 0 Å². The standard InChI is InChI=1S/C15H15F4N5O/c16-10-4-1-2-5-11(10)24-13(15(17,18)19)12(21-22-24)14(25)23-8-3-6-20-7-9-23/h1-2,4-5,20H,3,6-9H2.